The lowest BCUT2D eigenvalue weighted by atomic mass is 10.1. The maximum absolute atomic E-state index is 11.5. The molecular weight excluding hydrogens is 268 g/mol. The van der Waals surface area contributed by atoms with Crippen LogP contribution >= 0.6 is 0 Å². The van der Waals surface area contributed by atoms with Gasteiger partial charge in [0.25, 0.3) is 0 Å². The summed E-state index contributed by atoms with van der Waals surface area (Å²) >= 11 is 0. The number of benzene rings is 1. The van der Waals surface area contributed by atoms with E-state index >= 15 is 0 Å². The normalized spacial score (nSPS) is 9.81. The van der Waals surface area contributed by atoms with Crippen LogP contribution in [0.15, 0.2) is 43.0 Å². The third-order valence-electron chi connectivity index (χ3n) is 2.67. The molecule has 0 radical (unpaired) electrons. The van der Waals surface area contributed by atoms with E-state index in [1.807, 2.05) is 25.1 Å². The Morgan fingerprint density at radius 1 is 1.24 bits per heavy atom. The van der Waals surface area contributed by atoms with Crippen LogP contribution in [-0.2, 0) is 16.0 Å². The van der Waals surface area contributed by atoms with Gasteiger partial charge in [0.15, 0.2) is 0 Å². The summed E-state index contributed by atoms with van der Waals surface area (Å²) in [5, 5.41) is 0. The van der Waals surface area contributed by atoms with Crippen LogP contribution < -0.4 is 9.47 Å². The zero-order chi connectivity index (χ0) is 15.7. The number of rotatable bonds is 9. The van der Waals surface area contributed by atoms with Crippen molar-refractivity contribution in [3.8, 4) is 11.5 Å². The van der Waals surface area contributed by atoms with E-state index in [2.05, 4.69) is 13.2 Å². The molecule has 1 rings (SSSR count). The fraction of sp³-hybridized carbons (Fsp3) is 0.353. The predicted molar refractivity (Wildman–Crippen MR) is 82.8 cm³/mol. The first-order chi connectivity index (χ1) is 10.1. The second-order valence-corrected chi connectivity index (χ2v) is 4.31. The van der Waals surface area contributed by atoms with Gasteiger partial charge in [-0.2, -0.15) is 0 Å². The molecule has 0 N–H and O–H groups in total. The summed E-state index contributed by atoms with van der Waals surface area (Å²) in [6, 6.07) is 5.56. The van der Waals surface area contributed by atoms with Crippen molar-refractivity contribution in [1.82, 2.24) is 0 Å². The van der Waals surface area contributed by atoms with Crippen LogP contribution in [0.3, 0.4) is 0 Å². The Morgan fingerprint density at radius 2 is 2.00 bits per heavy atom. The zero-order valence-corrected chi connectivity index (χ0v) is 12.7. The summed E-state index contributed by atoms with van der Waals surface area (Å²) in [5.41, 5.74) is 1.24. The number of carbonyl (C=O) groups excluding carboxylic acids is 1. The summed E-state index contributed by atoms with van der Waals surface area (Å²) in [7, 11) is 0. The molecule has 0 aromatic heterocycles. The highest BCUT2D eigenvalue weighted by Gasteiger charge is 2.10. The molecule has 1 aromatic rings. The van der Waals surface area contributed by atoms with Crippen molar-refractivity contribution in [2.75, 3.05) is 19.8 Å². The van der Waals surface area contributed by atoms with Crippen molar-refractivity contribution in [3.63, 3.8) is 0 Å². The van der Waals surface area contributed by atoms with Crippen molar-refractivity contribution in [2.45, 2.75) is 20.3 Å². The Hall–Kier alpha value is -2.23. The maximum atomic E-state index is 11.5. The third-order valence-corrected chi connectivity index (χ3v) is 2.67. The van der Waals surface area contributed by atoms with Crippen molar-refractivity contribution < 1.29 is 19.0 Å². The number of hydrogen-bond donors (Lipinski definition) is 0. The van der Waals surface area contributed by atoms with E-state index in [-0.39, 0.29) is 12.2 Å². The molecule has 21 heavy (non-hydrogen) atoms. The van der Waals surface area contributed by atoms with Gasteiger partial charge in [-0.3, -0.25) is 0 Å². The van der Waals surface area contributed by atoms with Gasteiger partial charge in [0.1, 0.15) is 18.1 Å². The highest BCUT2D eigenvalue weighted by molar-refractivity contribution is 5.88. The minimum absolute atomic E-state index is 0.0942. The summed E-state index contributed by atoms with van der Waals surface area (Å²) in [6.07, 6.45) is 2.44. The van der Waals surface area contributed by atoms with E-state index in [4.69, 9.17) is 14.2 Å². The molecule has 0 unspecified atom stereocenters. The third kappa shape index (κ3) is 5.34. The molecule has 0 saturated carbocycles. The van der Waals surface area contributed by atoms with E-state index in [1.54, 1.807) is 13.0 Å². The topological polar surface area (TPSA) is 44.8 Å². The zero-order valence-electron chi connectivity index (χ0n) is 12.7. The van der Waals surface area contributed by atoms with Crippen LogP contribution in [-0.4, -0.2) is 25.8 Å². The predicted octanol–water partition coefficient (Wildman–Crippen LogP) is 3.31. The van der Waals surface area contributed by atoms with E-state index in [0.717, 1.165) is 11.3 Å². The molecule has 0 saturated heterocycles. The molecule has 1 aromatic carbocycles. The summed E-state index contributed by atoms with van der Waals surface area (Å²) < 4.78 is 16.0. The summed E-state index contributed by atoms with van der Waals surface area (Å²) in [6.45, 7) is 12.1. The smallest absolute Gasteiger partial charge is 0.336 e. The summed E-state index contributed by atoms with van der Waals surface area (Å²) in [4.78, 5) is 11.5. The van der Waals surface area contributed by atoms with E-state index < -0.39 is 5.97 Å². The van der Waals surface area contributed by atoms with E-state index in [1.165, 1.54) is 0 Å². The number of carbonyl (C=O) groups is 1. The highest BCUT2D eigenvalue weighted by Crippen LogP contribution is 2.25. The van der Waals surface area contributed by atoms with Crippen LogP contribution in [0, 0.1) is 0 Å². The first-order valence-corrected chi connectivity index (χ1v) is 6.96. The number of esters is 1. The van der Waals surface area contributed by atoms with Gasteiger partial charge < -0.3 is 14.2 Å². The lowest BCUT2D eigenvalue weighted by Gasteiger charge is -2.13. The highest BCUT2D eigenvalue weighted by atomic mass is 16.5. The quantitative estimate of drug-likeness (QED) is 0.397. The molecule has 114 valence electrons. The van der Waals surface area contributed by atoms with Gasteiger partial charge in [-0.25, -0.2) is 4.79 Å². The molecule has 0 amide bonds. The van der Waals surface area contributed by atoms with Crippen LogP contribution in [0.5, 0.6) is 11.5 Å². The molecule has 4 nitrogen and oxygen atoms in total. The standard InChI is InChI=1S/C17H22O4/c1-5-8-14-11-15(19-6-2)9-10-16(14)21-12-13(4)17(18)20-7-3/h5,9-11H,1,4,6-8,12H2,2-3H3. The van der Waals surface area contributed by atoms with Crippen LogP contribution in [0.2, 0.25) is 0 Å². The molecule has 0 aliphatic rings. The average Bonchev–Trinajstić information content (AvgIpc) is 2.47. The van der Waals surface area contributed by atoms with E-state index in [9.17, 15) is 4.79 Å². The summed E-state index contributed by atoms with van der Waals surface area (Å²) in [5.74, 6) is 1.03. The number of allylic oxidation sites excluding steroid dienone is 1. The number of hydrogen-bond acceptors (Lipinski definition) is 4. The monoisotopic (exact) mass is 290 g/mol. The Labute approximate surface area is 126 Å². The fourth-order valence-electron chi connectivity index (χ4n) is 1.73. The first kappa shape index (κ1) is 16.8. The molecule has 0 bridgehead atoms. The Kier molecular flexibility index (Phi) is 7.09. The second kappa shape index (κ2) is 8.84. The van der Waals surface area contributed by atoms with Crippen molar-refractivity contribution in [1.29, 1.82) is 0 Å². The largest absolute Gasteiger partial charge is 0.494 e. The Morgan fingerprint density at radius 3 is 2.62 bits per heavy atom. The van der Waals surface area contributed by atoms with Gasteiger partial charge in [-0.1, -0.05) is 12.7 Å². The molecule has 0 fully saturated rings. The SMILES string of the molecule is C=CCc1cc(OCC)ccc1OCC(=C)C(=O)OCC. The van der Waals surface area contributed by atoms with E-state index in [0.29, 0.717) is 25.4 Å². The lowest BCUT2D eigenvalue weighted by Crippen LogP contribution is -2.13. The van der Waals surface area contributed by atoms with Gasteiger partial charge in [-0.15, -0.1) is 6.58 Å². The Bertz CT molecular complexity index is 506. The first-order valence-electron chi connectivity index (χ1n) is 6.96. The number of ether oxygens (including phenoxy) is 3. The fourth-order valence-corrected chi connectivity index (χ4v) is 1.73. The van der Waals surface area contributed by atoms with Crippen LogP contribution in [0.25, 0.3) is 0 Å². The van der Waals surface area contributed by atoms with Gasteiger partial charge in [0.2, 0.25) is 0 Å². The Balaban J connectivity index is 2.75. The minimum atomic E-state index is -0.436. The van der Waals surface area contributed by atoms with Crippen LogP contribution in [0.4, 0.5) is 0 Å². The maximum Gasteiger partial charge on any atom is 0.336 e. The molecule has 0 spiro atoms. The molecule has 0 aliphatic heterocycles. The second-order valence-electron chi connectivity index (χ2n) is 4.31. The van der Waals surface area contributed by atoms with Crippen molar-refractivity contribution >= 4 is 5.97 Å². The molecule has 0 atom stereocenters. The van der Waals surface area contributed by atoms with Gasteiger partial charge in [0, 0.05) is 5.56 Å². The lowest BCUT2D eigenvalue weighted by molar-refractivity contribution is -0.138. The van der Waals surface area contributed by atoms with Crippen LogP contribution in [0.1, 0.15) is 19.4 Å². The molecule has 0 aliphatic carbocycles. The van der Waals surface area contributed by atoms with Gasteiger partial charge in [0.05, 0.1) is 18.8 Å². The average molecular weight is 290 g/mol. The molecule has 0 heterocycles. The van der Waals surface area contributed by atoms with Gasteiger partial charge in [-0.05, 0) is 38.5 Å². The van der Waals surface area contributed by atoms with Crippen molar-refractivity contribution in [2.24, 2.45) is 0 Å². The minimum Gasteiger partial charge on any atom is -0.494 e. The van der Waals surface area contributed by atoms with Gasteiger partial charge >= 0.3 is 5.97 Å². The van der Waals surface area contributed by atoms with Crippen molar-refractivity contribution in [3.05, 3.63) is 48.6 Å². The molecular formula is C17H22O4. The molecule has 4 heteroatoms.